The zero-order chi connectivity index (χ0) is 21.2. The number of rotatable bonds is 6. The summed E-state index contributed by atoms with van der Waals surface area (Å²) in [6.07, 6.45) is 2.74. The highest BCUT2D eigenvalue weighted by Gasteiger charge is 2.30. The quantitative estimate of drug-likeness (QED) is 0.322. The van der Waals surface area contributed by atoms with E-state index in [1.807, 2.05) is 6.07 Å². The molecule has 0 amide bonds. The molecular weight excluding hydrogens is 386 g/mol. The number of para-hydroxylation sites is 1. The second kappa shape index (κ2) is 8.36. The first-order valence-electron chi connectivity index (χ1n) is 10.8. The van der Waals surface area contributed by atoms with Gasteiger partial charge in [-0.15, -0.1) is 0 Å². The highest BCUT2D eigenvalue weighted by atomic mass is 16.6. The number of nitro benzene ring substituents is 1. The van der Waals surface area contributed by atoms with Crippen LogP contribution >= 0.6 is 0 Å². The number of fused-ring (bicyclic) bond motifs is 3. The molecule has 5 rings (SSSR count). The molecule has 5 heteroatoms. The first-order valence-corrected chi connectivity index (χ1v) is 10.8. The van der Waals surface area contributed by atoms with Gasteiger partial charge in [0.05, 0.1) is 11.0 Å². The molecule has 0 fully saturated rings. The third kappa shape index (κ3) is 3.97. The van der Waals surface area contributed by atoms with Crippen LogP contribution in [0.25, 0.3) is 10.9 Å². The van der Waals surface area contributed by atoms with Crippen LogP contribution in [0.3, 0.4) is 0 Å². The van der Waals surface area contributed by atoms with Gasteiger partial charge in [-0.1, -0.05) is 60.7 Å². The minimum Gasteiger partial charge on any atom is -0.357 e. The molecule has 0 radical (unpaired) electrons. The number of nitrogens with one attached hydrogen (secondary N) is 1. The number of aromatic nitrogens is 1. The number of nitrogens with zero attached hydrogens (tertiary/aromatic N) is 2. The average Bonchev–Trinajstić information content (AvgIpc) is 3.18. The molecule has 0 aliphatic carbocycles. The van der Waals surface area contributed by atoms with Crippen LogP contribution in [0.1, 0.15) is 34.8 Å². The fraction of sp³-hybridized carbons (Fsp3) is 0.231. The number of benzene rings is 3. The number of nitro groups is 1. The minimum absolute atomic E-state index is 0.161. The summed E-state index contributed by atoms with van der Waals surface area (Å²) < 4.78 is 0. The van der Waals surface area contributed by atoms with Gasteiger partial charge >= 0.3 is 0 Å². The van der Waals surface area contributed by atoms with E-state index in [0.717, 1.165) is 37.9 Å². The Morgan fingerprint density at radius 2 is 1.74 bits per heavy atom. The van der Waals surface area contributed by atoms with Gasteiger partial charge < -0.3 is 4.98 Å². The predicted octanol–water partition coefficient (Wildman–Crippen LogP) is 5.81. The lowest BCUT2D eigenvalue weighted by atomic mass is 9.92. The monoisotopic (exact) mass is 411 g/mol. The first kappa shape index (κ1) is 19.5. The fourth-order valence-corrected chi connectivity index (χ4v) is 4.83. The van der Waals surface area contributed by atoms with E-state index in [2.05, 4.69) is 64.5 Å². The lowest BCUT2D eigenvalue weighted by Gasteiger charge is -2.36. The third-order valence-corrected chi connectivity index (χ3v) is 6.33. The van der Waals surface area contributed by atoms with Crippen LogP contribution in [0.15, 0.2) is 78.9 Å². The molecule has 1 aliphatic rings. The number of H-pyrrole nitrogens is 1. The molecule has 1 aromatic heterocycles. The Bertz CT molecular complexity index is 1220. The van der Waals surface area contributed by atoms with E-state index in [0.29, 0.717) is 0 Å². The van der Waals surface area contributed by atoms with Crippen molar-refractivity contribution >= 4 is 16.6 Å². The van der Waals surface area contributed by atoms with E-state index in [9.17, 15) is 10.1 Å². The van der Waals surface area contributed by atoms with Gasteiger partial charge in [0, 0.05) is 41.8 Å². The molecule has 3 aromatic carbocycles. The molecule has 156 valence electrons. The lowest BCUT2D eigenvalue weighted by molar-refractivity contribution is -0.384. The van der Waals surface area contributed by atoms with Gasteiger partial charge in [-0.05, 0) is 42.0 Å². The maximum Gasteiger partial charge on any atom is 0.269 e. The van der Waals surface area contributed by atoms with Crippen molar-refractivity contribution in [3.63, 3.8) is 0 Å². The lowest BCUT2D eigenvalue weighted by Crippen LogP contribution is -2.35. The van der Waals surface area contributed by atoms with E-state index >= 15 is 0 Å². The summed E-state index contributed by atoms with van der Waals surface area (Å²) >= 11 is 0. The van der Waals surface area contributed by atoms with Crippen LogP contribution in [0.4, 0.5) is 5.69 Å². The van der Waals surface area contributed by atoms with Crippen molar-refractivity contribution < 1.29 is 4.92 Å². The Labute approximate surface area is 181 Å². The van der Waals surface area contributed by atoms with Crippen molar-refractivity contribution in [2.75, 3.05) is 6.54 Å². The first-order chi connectivity index (χ1) is 15.2. The van der Waals surface area contributed by atoms with E-state index in [-0.39, 0.29) is 16.7 Å². The number of hydrogen-bond acceptors (Lipinski definition) is 3. The molecular formula is C26H25N3O2. The SMILES string of the molecule is O=[N+]([O-])c1cccc(CCC2c3[nH]c4ccccc4c3CCN2Cc2ccccc2)c1. The largest absolute Gasteiger partial charge is 0.357 e. The van der Waals surface area contributed by atoms with Gasteiger partial charge in [0.1, 0.15) is 0 Å². The summed E-state index contributed by atoms with van der Waals surface area (Å²) in [7, 11) is 0. The van der Waals surface area contributed by atoms with Gasteiger partial charge in [0.25, 0.3) is 5.69 Å². The topological polar surface area (TPSA) is 62.2 Å². The van der Waals surface area contributed by atoms with Crippen molar-refractivity contribution in [1.82, 2.24) is 9.88 Å². The maximum absolute atomic E-state index is 11.2. The summed E-state index contributed by atoms with van der Waals surface area (Å²) in [4.78, 5) is 17.1. The summed E-state index contributed by atoms with van der Waals surface area (Å²) in [5, 5.41) is 12.5. The second-order valence-electron chi connectivity index (χ2n) is 8.25. The standard InChI is InChI=1S/C26H25N3O2/c30-29(31)21-10-6-9-19(17-21)13-14-25-26-23(22-11-4-5-12-24(22)27-26)15-16-28(25)18-20-7-2-1-3-8-20/h1-12,17,25,27H,13-16,18H2. The third-order valence-electron chi connectivity index (χ3n) is 6.33. The Morgan fingerprint density at radius 3 is 2.58 bits per heavy atom. The number of non-ortho nitro benzene ring substituents is 1. The molecule has 1 N–H and O–H groups in total. The highest BCUT2D eigenvalue weighted by Crippen LogP contribution is 2.37. The van der Waals surface area contributed by atoms with Crippen molar-refractivity contribution in [2.24, 2.45) is 0 Å². The Morgan fingerprint density at radius 1 is 0.968 bits per heavy atom. The van der Waals surface area contributed by atoms with E-state index < -0.39 is 0 Å². The summed E-state index contributed by atoms with van der Waals surface area (Å²) in [5.74, 6) is 0. The molecule has 2 heterocycles. The molecule has 1 unspecified atom stereocenters. The fourth-order valence-electron chi connectivity index (χ4n) is 4.83. The van der Waals surface area contributed by atoms with Crippen LogP contribution in [-0.2, 0) is 19.4 Å². The van der Waals surface area contributed by atoms with Gasteiger partial charge in [-0.2, -0.15) is 0 Å². The van der Waals surface area contributed by atoms with E-state index in [4.69, 9.17) is 0 Å². The molecule has 31 heavy (non-hydrogen) atoms. The molecule has 0 saturated carbocycles. The van der Waals surface area contributed by atoms with Gasteiger partial charge in [0.2, 0.25) is 0 Å². The molecule has 5 nitrogen and oxygen atoms in total. The Hall–Kier alpha value is -3.44. The molecule has 1 atom stereocenters. The molecule has 0 bridgehead atoms. The second-order valence-corrected chi connectivity index (χ2v) is 8.25. The smallest absolute Gasteiger partial charge is 0.269 e. The number of aryl methyl sites for hydroxylation is 1. The van der Waals surface area contributed by atoms with Crippen molar-refractivity contribution in [3.8, 4) is 0 Å². The zero-order valence-electron chi connectivity index (χ0n) is 17.3. The van der Waals surface area contributed by atoms with E-state index in [1.165, 1.54) is 27.7 Å². The van der Waals surface area contributed by atoms with Crippen molar-refractivity contribution in [2.45, 2.75) is 31.8 Å². The van der Waals surface area contributed by atoms with Crippen LogP contribution in [-0.4, -0.2) is 21.4 Å². The highest BCUT2D eigenvalue weighted by molar-refractivity contribution is 5.85. The molecule has 1 aliphatic heterocycles. The summed E-state index contributed by atoms with van der Waals surface area (Å²) in [6.45, 7) is 1.90. The normalized spacial score (nSPS) is 16.3. The number of hydrogen-bond donors (Lipinski definition) is 1. The van der Waals surface area contributed by atoms with Crippen molar-refractivity contribution in [3.05, 3.63) is 111 Å². The minimum atomic E-state index is -0.318. The van der Waals surface area contributed by atoms with Crippen LogP contribution in [0, 0.1) is 10.1 Å². The van der Waals surface area contributed by atoms with Crippen molar-refractivity contribution in [1.29, 1.82) is 0 Å². The molecule has 0 spiro atoms. The summed E-state index contributed by atoms with van der Waals surface area (Å²) in [6, 6.07) is 26.4. The van der Waals surface area contributed by atoms with Crippen LogP contribution in [0.5, 0.6) is 0 Å². The molecule has 0 saturated heterocycles. The molecule has 4 aromatic rings. The summed E-state index contributed by atoms with van der Waals surface area (Å²) in [5.41, 5.74) is 6.39. The van der Waals surface area contributed by atoms with E-state index in [1.54, 1.807) is 18.2 Å². The predicted molar refractivity (Wildman–Crippen MR) is 123 cm³/mol. The van der Waals surface area contributed by atoms with Gasteiger partial charge in [-0.25, -0.2) is 0 Å². The van der Waals surface area contributed by atoms with Crippen LogP contribution < -0.4 is 0 Å². The van der Waals surface area contributed by atoms with Gasteiger partial charge in [0.15, 0.2) is 0 Å². The van der Waals surface area contributed by atoms with Crippen LogP contribution in [0.2, 0.25) is 0 Å². The Balaban J connectivity index is 1.46. The average molecular weight is 412 g/mol. The zero-order valence-corrected chi connectivity index (χ0v) is 17.3. The maximum atomic E-state index is 11.2. The van der Waals surface area contributed by atoms with Gasteiger partial charge in [-0.3, -0.25) is 15.0 Å². The Kier molecular flexibility index (Phi) is 5.26. The number of aromatic amines is 1.